The average molecular weight is 385 g/mol. The van der Waals surface area contributed by atoms with Crippen molar-refractivity contribution in [2.75, 3.05) is 56.5 Å². The van der Waals surface area contributed by atoms with Gasteiger partial charge in [0.2, 0.25) is 0 Å². The molecule has 1 aliphatic heterocycles. The number of guanidine groups is 1. The first-order valence-electron chi connectivity index (χ1n) is 9.88. The van der Waals surface area contributed by atoms with Crippen LogP contribution < -0.4 is 15.5 Å². The minimum Gasteiger partial charge on any atom is -0.370 e. The van der Waals surface area contributed by atoms with Crippen molar-refractivity contribution < 1.29 is 4.39 Å². The van der Waals surface area contributed by atoms with E-state index in [1.165, 1.54) is 6.07 Å². The van der Waals surface area contributed by atoms with E-state index in [0.717, 1.165) is 63.9 Å². The molecule has 0 bridgehead atoms. The van der Waals surface area contributed by atoms with Crippen molar-refractivity contribution >= 4 is 17.5 Å². The monoisotopic (exact) mass is 384 g/mol. The Bertz CT molecular complexity index is 744. The predicted octanol–water partition coefficient (Wildman–Crippen LogP) is 2.81. The molecule has 0 radical (unpaired) electrons. The third-order valence-corrected chi connectivity index (χ3v) is 4.84. The Labute approximate surface area is 166 Å². The molecular formula is C21H29FN6. The molecule has 2 aromatic rings. The van der Waals surface area contributed by atoms with Gasteiger partial charge in [-0.1, -0.05) is 18.2 Å². The van der Waals surface area contributed by atoms with Crippen molar-refractivity contribution in [3.8, 4) is 0 Å². The van der Waals surface area contributed by atoms with Crippen molar-refractivity contribution in [1.29, 1.82) is 0 Å². The lowest BCUT2D eigenvalue weighted by molar-refractivity contribution is 0.370. The molecule has 2 N–H and O–H groups in total. The average Bonchev–Trinajstić information content (AvgIpc) is 2.75. The zero-order valence-corrected chi connectivity index (χ0v) is 16.4. The number of aliphatic imine (C=N–C) groups is 1. The first-order valence-corrected chi connectivity index (χ1v) is 9.88. The van der Waals surface area contributed by atoms with Crippen LogP contribution in [0.15, 0.2) is 53.7 Å². The van der Waals surface area contributed by atoms with Crippen molar-refractivity contribution in [3.05, 3.63) is 54.5 Å². The number of hydrogen-bond acceptors (Lipinski definition) is 4. The van der Waals surface area contributed by atoms with Crippen molar-refractivity contribution in [3.63, 3.8) is 0 Å². The van der Waals surface area contributed by atoms with Gasteiger partial charge in [0, 0.05) is 52.5 Å². The lowest BCUT2D eigenvalue weighted by Crippen LogP contribution is -2.52. The zero-order chi connectivity index (χ0) is 19.6. The summed E-state index contributed by atoms with van der Waals surface area (Å²) in [7, 11) is 1.81. The molecule has 1 saturated heterocycles. The number of hydrogen-bond donors (Lipinski definition) is 2. The number of nitrogens with zero attached hydrogens (tertiary/aromatic N) is 4. The van der Waals surface area contributed by atoms with Crippen LogP contribution >= 0.6 is 0 Å². The smallest absolute Gasteiger partial charge is 0.193 e. The second-order valence-corrected chi connectivity index (χ2v) is 6.75. The highest BCUT2D eigenvalue weighted by molar-refractivity contribution is 5.80. The molecule has 1 aromatic heterocycles. The van der Waals surface area contributed by atoms with Gasteiger partial charge in [-0.3, -0.25) is 4.99 Å². The maximum atomic E-state index is 14.0. The van der Waals surface area contributed by atoms with E-state index in [0.29, 0.717) is 5.69 Å². The summed E-state index contributed by atoms with van der Waals surface area (Å²) >= 11 is 0. The molecule has 3 rings (SSSR count). The maximum absolute atomic E-state index is 14.0. The molecule has 7 heteroatoms. The first kappa shape index (κ1) is 19.9. The van der Waals surface area contributed by atoms with Crippen molar-refractivity contribution in [1.82, 2.24) is 15.2 Å². The summed E-state index contributed by atoms with van der Waals surface area (Å²) in [6, 6.07) is 12.8. The SMILES string of the molecule is CN=C(NCCCCNc1ccccn1)N1CCN(c2ccccc2F)CC1. The van der Waals surface area contributed by atoms with Gasteiger partial charge in [0.05, 0.1) is 5.69 Å². The van der Waals surface area contributed by atoms with Crippen molar-refractivity contribution in [2.45, 2.75) is 12.8 Å². The number of unbranched alkanes of at least 4 members (excludes halogenated alkanes) is 1. The van der Waals surface area contributed by atoms with Crippen LogP contribution in [0.3, 0.4) is 0 Å². The van der Waals surface area contributed by atoms with Crippen LogP contribution in [0.4, 0.5) is 15.9 Å². The van der Waals surface area contributed by atoms with Crippen LogP contribution in [0.5, 0.6) is 0 Å². The highest BCUT2D eigenvalue weighted by Gasteiger charge is 2.21. The molecule has 150 valence electrons. The van der Waals surface area contributed by atoms with E-state index in [1.54, 1.807) is 12.3 Å². The first-order chi connectivity index (χ1) is 13.8. The summed E-state index contributed by atoms with van der Waals surface area (Å²) in [6.45, 7) is 5.01. The van der Waals surface area contributed by atoms with Gasteiger partial charge in [-0.2, -0.15) is 0 Å². The Morgan fingerprint density at radius 3 is 2.50 bits per heavy atom. The maximum Gasteiger partial charge on any atom is 0.193 e. The molecule has 1 fully saturated rings. The highest BCUT2D eigenvalue weighted by atomic mass is 19.1. The number of benzene rings is 1. The summed E-state index contributed by atoms with van der Waals surface area (Å²) in [5.41, 5.74) is 0.686. The van der Waals surface area contributed by atoms with E-state index in [2.05, 4.69) is 30.4 Å². The molecule has 2 heterocycles. The molecular weight excluding hydrogens is 355 g/mol. The summed E-state index contributed by atoms with van der Waals surface area (Å²) in [4.78, 5) is 13.0. The van der Waals surface area contributed by atoms with Gasteiger partial charge in [0.25, 0.3) is 0 Å². The largest absolute Gasteiger partial charge is 0.370 e. The number of nitrogens with one attached hydrogen (secondary N) is 2. The standard InChI is InChI=1S/C21H29FN6/c1-23-21(26-13-7-6-12-25-20-10-4-5-11-24-20)28-16-14-27(15-17-28)19-9-3-2-8-18(19)22/h2-5,8-11H,6-7,12-17H2,1H3,(H,23,26)(H,24,25). The Morgan fingerprint density at radius 1 is 1.04 bits per heavy atom. The van der Waals surface area contributed by atoms with Crippen LogP contribution in [0, 0.1) is 5.82 Å². The van der Waals surface area contributed by atoms with Gasteiger partial charge in [-0.15, -0.1) is 0 Å². The third kappa shape index (κ3) is 5.58. The Morgan fingerprint density at radius 2 is 1.79 bits per heavy atom. The van der Waals surface area contributed by atoms with Gasteiger partial charge in [-0.25, -0.2) is 9.37 Å². The second kappa shape index (κ2) is 10.5. The molecule has 0 aliphatic carbocycles. The normalized spacial score (nSPS) is 14.9. The lowest BCUT2D eigenvalue weighted by atomic mass is 10.2. The Hall–Kier alpha value is -2.83. The van der Waals surface area contributed by atoms with E-state index in [-0.39, 0.29) is 5.82 Å². The van der Waals surface area contributed by atoms with E-state index in [9.17, 15) is 4.39 Å². The fraction of sp³-hybridized carbons (Fsp3) is 0.429. The van der Waals surface area contributed by atoms with E-state index < -0.39 is 0 Å². The number of rotatable bonds is 7. The van der Waals surface area contributed by atoms with E-state index in [4.69, 9.17) is 0 Å². The number of pyridine rings is 1. The minimum absolute atomic E-state index is 0.155. The fourth-order valence-corrected chi connectivity index (χ4v) is 3.33. The van der Waals surface area contributed by atoms with E-state index in [1.807, 2.05) is 37.4 Å². The second-order valence-electron chi connectivity index (χ2n) is 6.75. The number of halogens is 1. The summed E-state index contributed by atoms with van der Waals surface area (Å²) in [6.07, 6.45) is 3.90. The predicted molar refractivity (Wildman–Crippen MR) is 114 cm³/mol. The highest BCUT2D eigenvalue weighted by Crippen LogP contribution is 2.20. The molecule has 1 aliphatic rings. The van der Waals surface area contributed by atoms with Gasteiger partial charge in [-0.05, 0) is 37.1 Å². The summed E-state index contributed by atoms with van der Waals surface area (Å²) in [5.74, 6) is 1.68. The quantitative estimate of drug-likeness (QED) is 0.437. The van der Waals surface area contributed by atoms with Crippen LogP contribution in [-0.4, -0.2) is 62.2 Å². The number of aromatic nitrogens is 1. The lowest BCUT2D eigenvalue weighted by Gasteiger charge is -2.37. The topological polar surface area (TPSA) is 55.8 Å². The number of piperazine rings is 1. The summed E-state index contributed by atoms with van der Waals surface area (Å²) < 4.78 is 14.0. The summed E-state index contributed by atoms with van der Waals surface area (Å²) in [5, 5.41) is 6.76. The van der Waals surface area contributed by atoms with Crippen LogP contribution in [0.1, 0.15) is 12.8 Å². The molecule has 0 saturated carbocycles. The molecule has 6 nitrogen and oxygen atoms in total. The molecule has 0 amide bonds. The Kier molecular flexibility index (Phi) is 7.46. The van der Waals surface area contributed by atoms with Crippen molar-refractivity contribution in [2.24, 2.45) is 4.99 Å². The zero-order valence-electron chi connectivity index (χ0n) is 16.4. The fourth-order valence-electron chi connectivity index (χ4n) is 3.33. The van der Waals surface area contributed by atoms with E-state index >= 15 is 0 Å². The molecule has 28 heavy (non-hydrogen) atoms. The van der Waals surface area contributed by atoms with Gasteiger partial charge in [0.15, 0.2) is 5.96 Å². The third-order valence-electron chi connectivity index (χ3n) is 4.84. The number of para-hydroxylation sites is 1. The minimum atomic E-state index is -0.155. The van der Waals surface area contributed by atoms with Crippen LogP contribution in [-0.2, 0) is 0 Å². The van der Waals surface area contributed by atoms with Gasteiger partial charge in [0.1, 0.15) is 11.6 Å². The molecule has 0 spiro atoms. The molecule has 0 unspecified atom stereocenters. The Balaban J connectivity index is 1.35. The molecule has 0 atom stereocenters. The van der Waals surface area contributed by atoms with Crippen LogP contribution in [0.2, 0.25) is 0 Å². The van der Waals surface area contributed by atoms with Crippen LogP contribution in [0.25, 0.3) is 0 Å². The number of anilines is 2. The molecule has 1 aromatic carbocycles. The van der Waals surface area contributed by atoms with Gasteiger partial charge >= 0.3 is 0 Å². The van der Waals surface area contributed by atoms with Gasteiger partial charge < -0.3 is 20.4 Å².